The number of fused-ring (bicyclic) bond motifs is 1. The topological polar surface area (TPSA) is 72.9 Å². The second-order valence-electron chi connectivity index (χ2n) is 6.79. The number of hydrogen-bond donors (Lipinski definition) is 1. The fourth-order valence-corrected chi connectivity index (χ4v) is 3.97. The molecule has 0 radical (unpaired) electrons. The van der Waals surface area contributed by atoms with Gasteiger partial charge in [0.15, 0.2) is 0 Å². The molecular formula is C19H30Cl2N4O2S. The average Bonchev–Trinajstić information content (AvgIpc) is 3.04. The lowest BCUT2D eigenvalue weighted by Gasteiger charge is -2.32. The molecule has 28 heavy (non-hydrogen) atoms. The molecule has 158 valence electrons. The van der Waals surface area contributed by atoms with E-state index < -0.39 is 0 Å². The molecule has 0 aromatic carbocycles. The highest BCUT2D eigenvalue weighted by Crippen LogP contribution is 2.17. The minimum atomic E-state index is 0. The van der Waals surface area contributed by atoms with E-state index in [1.807, 2.05) is 21.6 Å². The Morgan fingerprint density at radius 2 is 2.04 bits per heavy atom. The number of carbonyl (C=O) groups is 1. The maximum atomic E-state index is 12.4. The van der Waals surface area contributed by atoms with Gasteiger partial charge < -0.3 is 19.8 Å². The van der Waals surface area contributed by atoms with Crippen molar-refractivity contribution in [2.75, 3.05) is 32.0 Å². The van der Waals surface area contributed by atoms with Gasteiger partial charge in [-0.2, -0.15) is 0 Å². The van der Waals surface area contributed by atoms with Gasteiger partial charge in [0.2, 0.25) is 5.91 Å². The van der Waals surface area contributed by atoms with E-state index in [1.54, 1.807) is 11.8 Å². The number of halogens is 2. The van der Waals surface area contributed by atoms with Gasteiger partial charge in [0, 0.05) is 37.8 Å². The van der Waals surface area contributed by atoms with Crippen LogP contribution in [0.2, 0.25) is 0 Å². The molecule has 2 aromatic heterocycles. The molecule has 3 heterocycles. The number of likely N-dealkylation sites (tertiary alicyclic amines) is 1. The third-order valence-corrected chi connectivity index (χ3v) is 5.57. The molecule has 3 rings (SSSR count). The highest BCUT2D eigenvalue weighted by atomic mass is 35.5. The summed E-state index contributed by atoms with van der Waals surface area (Å²) in [6, 6.07) is 4.08. The molecular weight excluding hydrogens is 419 g/mol. The number of hydrogen-bond acceptors (Lipinski definition) is 5. The van der Waals surface area contributed by atoms with E-state index in [0.717, 1.165) is 56.1 Å². The first-order valence-corrected chi connectivity index (χ1v) is 10.4. The smallest absolute Gasteiger partial charge is 0.232 e. The van der Waals surface area contributed by atoms with Gasteiger partial charge in [-0.3, -0.25) is 4.79 Å². The van der Waals surface area contributed by atoms with Crippen molar-refractivity contribution in [2.24, 2.45) is 5.73 Å². The van der Waals surface area contributed by atoms with Crippen LogP contribution in [0.1, 0.15) is 30.5 Å². The van der Waals surface area contributed by atoms with E-state index in [4.69, 9.17) is 10.5 Å². The number of aryl methyl sites for hydroxylation is 1. The van der Waals surface area contributed by atoms with Crippen molar-refractivity contribution in [1.29, 1.82) is 0 Å². The number of ether oxygens (including phenoxy) is 1. The summed E-state index contributed by atoms with van der Waals surface area (Å²) in [5.41, 5.74) is 8.66. The van der Waals surface area contributed by atoms with Gasteiger partial charge in [-0.05, 0) is 44.4 Å². The van der Waals surface area contributed by atoms with Crippen LogP contribution in [-0.4, -0.2) is 58.3 Å². The van der Waals surface area contributed by atoms with Gasteiger partial charge in [0.05, 0.1) is 17.6 Å². The number of piperidine rings is 1. The lowest BCUT2D eigenvalue weighted by molar-refractivity contribution is -0.130. The maximum absolute atomic E-state index is 12.4. The normalized spacial score (nSPS) is 14.6. The SMILES string of the molecule is Cc1ccc2nc(CSCC(=O)N3CCC(OCCCN)CC3)cn2c1.Cl.Cl. The summed E-state index contributed by atoms with van der Waals surface area (Å²) < 4.78 is 7.84. The zero-order valence-corrected chi connectivity index (χ0v) is 18.7. The van der Waals surface area contributed by atoms with Crippen molar-refractivity contribution in [3.63, 3.8) is 0 Å². The Morgan fingerprint density at radius 1 is 1.29 bits per heavy atom. The number of nitrogens with zero attached hydrogens (tertiary/aromatic N) is 3. The third-order valence-electron chi connectivity index (χ3n) is 4.62. The first-order valence-electron chi connectivity index (χ1n) is 9.27. The minimum Gasteiger partial charge on any atom is -0.378 e. The molecule has 1 aliphatic rings. The summed E-state index contributed by atoms with van der Waals surface area (Å²) in [6.45, 7) is 5.05. The van der Waals surface area contributed by atoms with Gasteiger partial charge in [-0.15, -0.1) is 36.6 Å². The molecule has 2 aromatic rings. The van der Waals surface area contributed by atoms with Crippen molar-refractivity contribution in [3.8, 4) is 0 Å². The van der Waals surface area contributed by atoms with Crippen LogP contribution in [0.25, 0.3) is 5.65 Å². The Morgan fingerprint density at radius 3 is 2.75 bits per heavy atom. The number of carbonyl (C=O) groups excluding carboxylic acids is 1. The van der Waals surface area contributed by atoms with Gasteiger partial charge in [0.1, 0.15) is 5.65 Å². The lowest BCUT2D eigenvalue weighted by Crippen LogP contribution is -2.41. The molecule has 0 aliphatic carbocycles. The molecule has 1 aliphatic heterocycles. The van der Waals surface area contributed by atoms with Crippen LogP contribution in [0.3, 0.4) is 0 Å². The summed E-state index contributed by atoms with van der Waals surface area (Å²) in [6.07, 6.45) is 7.14. The first kappa shape index (κ1) is 25.0. The fourth-order valence-electron chi connectivity index (χ4n) is 3.16. The lowest BCUT2D eigenvalue weighted by atomic mass is 10.1. The quantitative estimate of drug-likeness (QED) is 0.628. The Bertz CT molecular complexity index is 736. The molecule has 9 heteroatoms. The molecule has 0 spiro atoms. The molecule has 0 saturated carbocycles. The van der Waals surface area contributed by atoms with Gasteiger partial charge in [-0.25, -0.2) is 4.98 Å². The monoisotopic (exact) mass is 448 g/mol. The van der Waals surface area contributed by atoms with E-state index in [-0.39, 0.29) is 36.8 Å². The predicted molar refractivity (Wildman–Crippen MR) is 120 cm³/mol. The Kier molecular flexibility index (Phi) is 11.2. The van der Waals surface area contributed by atoms with Crippen LogP contribution in [-0.2, 0) is 15.3 Å². The van der Waals surface area contributed by atoms with Crippen LogP contribution in [0.15, 0.2) is 24.5 Å². The summed E-state index contributed by atoms with van der Waals surface area (Å²) >= 11 is 1.63. The van der Waals surface area contributed by atoms with Gasteiger partial charge >= 0.3 is 0 Å². The van der Waals surface area contributed by atoms with Crippen molar-refractivity contribution in [3.05, 3.63) is 35.8 Å². The van der Waals surface area contributed by atoms with Crippen molar-refractivity contribution in [2.45, 2.75) is 38.0 Å². The zero-order valence-electron chi connectivity index (χ0n) is 16.2. The summed E-state index contributed by atoms with van der Waals surface area (Å²) in [4.78, 5) is 19.0. The van der Waals surface area contributed by atoms with Gasteiger partial charge in [-0.1, -0.05) is 6.07 Å². The standard InChI is InChI=1S/C19H28N4O2S.2ClH/c1-15-3-4-18-21-16(12-23(18)11-15)13-26-14-19(24)22-8-5-17(6-9-22)25-10-2-7-20;;/h3-4,11-12,17H,2,5-10,13-14,20H2,1H3;2*1H. The van der Waals surface area contributed by atoms with Crippen LogP contribution in [0.4, 0.5) is 0 Å². The molecule has 1 amide bonds. The number of imidazole rings is 1. The number of thioether (sulfide) groups is 1. The summed E-state index contributed by atoms with van der Waals surface area (Å²) in [5.74, 6) is 1.48. The van der Waals surface area contributed by atoms with E-state index in [1.165, 1.54) is 5.56 Å². The fraction of sp³-hybridized carbons (Fsp3) is 0.579. The second kappa shape index (κ2) is 12.5. The number of pyridine rings is 1. The second-order valence-corrected chi connectivity index (χ2v) is 7.78. The van der Waals surface area contributed by atoms with Crippen molar-refractivity contribution < 1.29 is 9.53 Å². The Balaban J connectivity index is 0.00000196. The van der Waals surface area contributed by atoms with Crippen LogP contribution in [0.5, 0.6) is 0 Å². The van der Waals surface area contributed by atoms with Crippen LogP contribution in [0, 0.1) is 6.92 Å². The first-order chi connectivity index (χ1) is 12.7. The molecule has 1 saturated heterocycles. The largest absolute Gasteiger partial charge is 0.378 e. The summed E-state index contributed by atoms with van der Waals surface area (Å²) in [5, 5.41) is 0. The van der Waals surface area contributed by atoms with Crippen LogP contribution < -0.4 is 5.73 Å². The Hall–Kier alpha value is -0.990. The Labute approximate surface area is 183 Å². The highest BCUT2D eigenvalue weighted by molar-refractivity contribution is 7.99. The molecule has 2 N–H and O–H groups in total. The molecule has 0 unspecified atom stereocenters. The molecule has 6 nitrogen and oxygen atoms in total. The summed E-state index contributed by atoms with van der Waals surface area (Å²) in [7, 11) is 0. The minimum absolute atomic E-state index is 0. The maximum Gasteiger partial charge on any atom is 0.232 e. The van der Waals surface area contributed by atoms with E-state index in [2.05, 4.69) is 24.2 Å². The number of aromatic nitrogens is 2. The van der Waals surface area contributed by atoms with Crippen LogP contribution >= 0.6 is 36.6 Å². The highest BCUT2D eigenvalue weighted by Gasteiger charge is 2.22. The number of nitrogens with two attached hydrogens (primary N) is 1. The average molecular weight is 449 g/mol. The van der Waals surface area contributed by atoms with E-state index >= 15 is 0 Å². The van der Waals surface area contributed by atoms with Crippen molar-refractivity contribution in [1.82, 2.24) is 14.3 Å². The zero-order chi connectivity index (χ0) is 18.4. The number of rotatable bonds is 8. The number of amides is 1. The predicted octanol–water partition coefficient (Wildman–Crippen LogP) is 3.08. The molecule has 0 bridgehead atoms. The third kappa shape index (κ3) is 7.12. The molecule has 0 atom stereocenters. The van der Waals surface area contributed by atoms with E-state index in [9.17, 15) is 4.79 Å². The van der Waals surface area contributed by atoms with Crippen molar-refractivity contribution >= 4 is 48.1 Å². The van der Waals surface area contributed by atoms with Gasteiger partial charge in [0.25, 0.3) is 0 Å². The van der Waals surface area contributed by atoms with E-state index in [0.29, 0.717) is 12.3 Å². The molecule has 1 fully saturated rings.